The highest BCUT2D eigenvalue weighted by Crippen LogP contribution is 2.28. The van der Waals surface area contributed by atoms with Crippen molar-refractivity contribution in [3.8, 4) is 0 Å². The maximum Gasteiger partial charge on any atom is 0.417 e. The lowest BCUT2D eigenvalue weighted by atomic mass is 9.96. The van der Waals surface area contributed by atoms with Crippen molar-refractivity contribution >= 4 is 17.9 Å². The molecule has 2 rings (SSSR count). The Morgan fingerprint density at radius 2 is 2.21 bits per heavy atom. The van der Waals surface area contributed by atoms with Gasteiger partial charge in [-0.3, -0.25) is 4.90 Å². The van der Waals surface area contributed by atoms with E-state index in [4.69, 9.17) is 4.74 Å². The number of carbonyl (C=O) groups is 1. The fourth-order valence-electron chi connectivity index (χ4n) is 2.05. The molecule has 3 nitrogen and oxygen atoms in total. The third kappa shape index (κ3) is 3.01. The monoisotopic (exact) mass is 275 g/mol. The highest BCUT2D eigenvalue weighted by Gasteiger charge is 2.19. The van der Waals surface area contributed by atoms with E-state index in [1.54, 1.807) is 18.0 Å². The molecule has 0 saturated heterocycles. The topological polar surface area (TPSA) is 29.5 Å². The molecule has 0 radical (unpaired) electrons. The molecule has 4 heteroatoms. The molecular formula is C15H17NO2S. The van der Waals surface area contributed by atoms with Crippen molar-refractivity contribution in [2.24, 2.45) is 0 Å². The minimum atomic E-state index is -0.360. The number of thioether (sulfide) groups is 1. The first kappa shape index (κ1) is 13.7. The smallest absolute Gasteiger partial charge is 0.417 e. The fraction of sp³-hybridized carbons (Fsp3) is 0.267. The van der Waals surface area contributed by atoms with Crippen molar-refractivity contribution in [1.29, 1.82) is 0 Å². The Balaban J connectivity index is 2.23. The van der Waals surface area contributed by atoms with Gasteiger partial charge in [0.05, 0.1) is 7.11 Å². The molecule has 0 aromatic heterocycles. The Bertz CT molecular complexity index is 537. The molecule has 1 amide bonds. The SMILES string of the molecule is COC(=O)N1C=CC(c2cccc(SC)c2)C=C1C. The van der Waals surface area contributed by atoms with E-state index >= 15 is 0 Å². The van der Waals surface area contributed by atoms with Crippen molar-refractivity contribution in [3.05, 3.63) is 53.9 Å². The van der Waals surface area contributed by atoms with Crippen molar-refractivity contribution < 1.29 is 9.53 Å². The van der Waals surface area contributed by atoms with E-state index in [9.17, 15) is 4.79 Å². The summed E-state index contributed by atoms with van der Waals surface area (Å²) in [6, 6.07) is 8.44. The lowest BCUT2D eigenvalue weighted by molar-refractivity contribution is 0.148. The summed E-state index contributed by atoms with van der Waals surface area (Å²) in [5.41, 5.74) is 2.11. The van der Waals surface area contributed by atoms with Gasteiger partial charge in [0.15, 0.2) is 0 Å². The van der Waals surface area contributed by atoms with Crippen molar-refractivity contribution in [2.45, 2.75) is 17.7 Å². The van der Waals surface area contributed by atoms with Crippen molar-refractivity contribution in [2.75, 3.05) is 13.4 Å². The summed E-state index contributed by atoms with van der Waals surface area (Å²) in [6.07, 6.45) is 7.55. The van der Waals surface area contributed by atoms with Crippen LogP contribution in [0.15, 0.2) is 53.2 Å². The van der Waals surface area contributed by atoms with Crippen LogP contribution in [0.25, 0.3) is 0 Å². The normalized spacial score (nSPS) is 18.2. The third-order valence-electron chi connectivity index (χ3n) is 3.09. The van der Waals surface area contributed by atoms with Gasteiger partial charge in [0.1, 0.15) is 0 Å². The van der Waals surface area contributed by atoms with Crippen LogP contribution in [0.5, 0.6) is 0 Å². The molecule has 1 heterocycles. The summed E-state index contributed by atoms with van der Waals surface area (Å²) in [5.74, 6) is 0.202. The Hall–Kier alpha value is -1.68. The van der Waals surface area contributed by atoms with Gasteiger partial charge in [0.25, 0.3) is 0 Å². The largest absolute Gasteiger partial charge is 0.452 e. The number of allylic oxidation sites excluding steroid dienone is 3. The van der Waals surface area contributed by atoms with Gasteiger partial charge in [-0.05, 0) is 30.9 Å². The Morgan fingerprint density at radius 1 is 1.42 bits per heavy atom. The van der Waals surface area contributed by atoms with Crippen LogP contribution in [-0.2, 0) is 4.74 Å². The lowest BCUT2D eigenvalue weighted by Gasteiger charge is -2.24. The van der Waals surface area contributed by atoms with E-state index in [2.05, 4.69) is 36.6 Å². The molecule has 0 spiro atoms. The van der Waals surface area contributed by atoms with Crippen LogP contribution in [0.3, 0.4) is 0 Å². The summed E-state index contributed by atoms with van der Waals surface area (Å²) >= 11 is 1.73. The number of amides is 1. The zero-order valence-corrected chi connectivity index (χ0v) is 12.1. The quantitative estimate of drug-likeness (QED) is 0.764. The van der Waals surface area contributed by atoms with E-state index in [0.29, 0.717) is 0 Å². The highest BCUT2D eigenvalue weighted by molar-refractivity contribution is 7.98. The van der Waals surface area contributed by atoms with Crippen LogP contribution in [-0.4, -0.2) is 24.4 Å². The summed E-state index contributed by atoms with van der Waals surface area (Å²) in [6.45, 7) is 1.91. The Labute approximate surface area is 117 Å². The molecule has 0 aliphatic carbocycles. The number of hydrogen-bond donors (Lipinski definition) is 0. The first-order valence-corrected chi connectivity index (χ1v) is 7.26. The van der Waals surface area contributed by atoms with E-state index in [0.717, 1.165) is 5.70 Å². The van der Waals surface area contributed by atoms with E-state index in [1.165, 1.54) is 22.5 Å². The zero-order valence-electron chi connectivity index (χ0n) is 11.3. The number of nitrogens with zero attached hydrogens (tertiary/aromatic N) is 1. The first-order valence-electron chi connectivity index (χ1n) is 6.03. The molecular weight excluding hydrogens is 258 g/mol. The van der Waals surface area contributed by atoms with Crippen LogP contribution in [0.1, 0.15) is 18.4 Å². The molecule has 0 saturated carbocycles. The van der Waals surface area contributed by atoms with Crippen LogP contribution in [0.4, 0.5) is 4.79 Å². The number of hydrogen-bond acceptors (Lipinski definition) is 3. The summed E-state index contributed by atoms with van der Waals surface area (Å²) < 4.78 is 4.73. The molecule has 0 N–H and O–H groups in total. The zero-order chi connectivity index (χ0) is 13.8. The van der Waals surface area contributed by atoms with Crippen molar-refractivity contribution in [1.82, 2.24) is 4.90 Å². The summed E-state index contributed by atoms with van der Waals surface area (Å²) in [5, 5.41) is 0. The van der Waals surface area contributed by atoms with E-state index in [-0.39, 0.29) is 12.0 Å². The molecule has 100 valence electrons. The minimum Gasteiger partial charge on any atom is -0.452 e. The van der Waals surface area contributed by atoms with Gasteiger partial charge in [-0.1, -0.05) is 24.3 Å². The van der Waals surface area contributed by atoms with Gasteiger partial charge in [-0.2, -0.15) is 0 Å². The predicted molar refractivity (Wildman–Crippen MR) is 78.1 cm³/mol. The predicted octanol–water partition coefficient (Wildman–Crippen LogP) is 3.99. The maximum atomic E-state index is 11.5. The highest BCUT2D eigenvalue weighted by atomic mass is 32.2. The number of methoxy groups -OCH3 is 1. The Kier molecular flexibility index (Phi) is 4.32. The number of carbonyl (C=O) groups excluding carboxylic acids is 1. The standard InChI is InChI=1S/C15H17NO2S/c1-11-9-13(7-8-16(11)15(17)18-2)12-5-4-6-14(10-12)19-3/h4-10,13H,1-3H3. The second-order valence-electron chi connectivity index (χ2n) is 4.29. The fourth-order valence-corrected chi connectivity index (χ4v) is 2.52. The number of rotatable bonds is 2. The second-order valence-corrected chi connectivity index (χ2v) is 5.17. The average molecular weight is 275 g/mol. The van der Waals surface area contributed by atoms with Crippen LogP contribution < -0.4 is 0 Å². The Morgan fingerprint density at radius 3 is 2.84 bits per heavy atom. The van der Waals surface area contributed by atoms with Crippen LogP contribution >= 0.6 is 11.8 Å². The molecule has 1 aromatic carbocycles. The summed E-state index contributed by atoms with van der Waals surface area (Å²) in [4.78, 5) is 14.3. The first-order chi connectivity index (χ1) is 9.15. The van der Waals surface area contributed by atoms with E-state index < -0.39 is 0 Å². The number of benzene rings is 1. The second kappa shape index (κ2) is 5.97. The third-order valence-corrected chi connectivity index (χ3v) is 3.82. The van der Waals surface area contributed by atoms with Crippen molar-refractivity contribution in [3.63, 3.8) is 0 Å². The number of ether oxygens (including phenoxy) is 1. The van der Waals surface area contributed by atoms with Gasteiger partial charge in [-0.15, -0.1) is 11.8 Å². The molecule has 0 fully saturated rings. The molecule has 1 atom stereocenters. The molecule has 1 aliphatic rings. The van der Waals surface area contributed by atoms with Gasteiger partial charge in [-0.25, -0.2) is 4.79 Å². The summed E-state index contributed by atoms with van der Waals surface area (Å²) in [7, 11) is 1.39. The van der Waals surface area contributed by atoms with Crippen LogP contribution in [0, 0.1) is 0 Å². The van der Waals surface area contributed by atoms with Gasteiger partial charge in [0.2, 0.25) is 0 Å². The average Bonchev–Trinajstić information content (AvgIpc) is 2.46. The van der Waals surface area contributed by atoms with Gasteiger partial charge >= 0.3 is 6.09 Å². The van der Waals surface area contributed by atoms with Gasteiger partial charge in [0, 0.05) is 22.7 Å². The molecule has 19 heavy (non-hydrogen) atoms. The van der Waals surface area contributed by atoms with E-state index in [1.807, 2.05) is 13.0 Å². The molecule has 1 unspecified atom stereocenters. The molecule has 1 aromatic rings. The molecule has 1 aliphatic heterocycles. The van der Waals surface area contributed by atoms with Gasteiger partial charge < -0.3 is 4.74 Å². The lowest BCUT2D eigenvalue weighted by Crippen LogP contribution is -2.26. The minimum absolute atomic E-state index is 0.202. The maximum absolute atomic E-state index is 11.5. The van der Waals surface area contributed by atoms with Crippen LogP contribution in [0.2, 0.25) is 0 Å². The molecule has 0 bridgehead atoms.